The van der Waals surface area contributed by atoms with Gasteiger partial charge in [-0.15, -0.1) is 0 Å². The van der Waals surface area contributed by atoms with Crippen LogP contribution in [0.15, 0.2) is 0 Å². The van der Waals surface area contributed by atoms with Crippen LogP contribution >= 0.6 is 0 Å². The first-order chi connectivity index (χ1) is 14.0. The number of carboxylic acid groups (broad SMARTS) is 2. The van der Waals surface area contributed by atoms with E-state index in [0.29, 0.717) is 19.4 Å². The summed E-state index contributed by atoms with van der Waals surface area (Å²) in [7, 11) is 0. The SMILES string of the molecule is CC(O)C(N)C(=O)NCC(=O)NC(CCC(=O)O)C(=O)NC(CCCCN)C(=O)O. The van der Waals surface area contributed by atoms with Crippen LogP contribution < -0.4 is 27.4 Å². The Morgan fingerprint density at radius 3 is 2.07 bits per heavy atom. The third kappa shape index (κ3) is 11.3. The van der Waals surface area contributed by atoms with E-state index in [-0.39, 0.29) is 12.8 Å². The van der Waals surface area contributed by atoms with Crippen molar-refractivity contribution in [1.82, 2.24) is 16.0 Å². The molecule has 13 heteroatoms. The van der Waals surface area contributed by atoms with Gasteiger partial charge >= 0.3 is 11.9 Å². The van der Waals surface area contributed by atoms with Crippen molar-refractivity contribution in [2.24, 2.45) is 11.5 Å². The molecule has 10 N–H and O–H groups in total. The molecule has 0 saturated heterocycles. The number of aliphatic hydroxyl groups excluding tert-OH is 1. The summed E-state index contributed by atoms with van der Waals surface area (Å²) >= 11 is 0. The standard InChI is InChI=1S/C17H31N5O8/c1-9(23)14(19)16(28)20-8-12(24)21-10(5-6-13(25)26)15(27)22-11(17(29)30)4-2-3-7-18/h9-11,14,23H,2-8,18-19H2,1H3,(H,20,28)(H,21,24)(H,22,27)(H,25,26)(H,29,30). The quantitative estimate of drug-likeness (QED) is 0.121. The molecule has 0 aromatic heterocycles. The minimum atomic E-state index is -1.33. The second kappa shape index (κ2) is 14.3. The van der Waals surface area contributed by atoms with E-state index in [0.717, 1.165) is 0 Å². The molecule has 0 aliphatic rings. The normalized spacial score (nSPS) is 14.7. The molecule has 30 heavy (non-hydrogen) atoms. The highest BCUT2D eigenvalue weighted by Gasteiger charge is 2.27. The van der Waals surface area contributed by atoms with Gasteiger partial charge in [-0.25, -0.2) is 4.79 Å². The number of aliphatic carboxylic acids is 2. The van der Waals surface area contributed by atoms with E-state index in [1.807, 2.05) is 0 Å². The smallest absolute Gasteiger partial charge is 0.326 e. The molecule has 0 radical (unpaired) electrons. The maximum Gasteiger partial charge on any atom is 0.326 e. The van der Waals surface area contributed by atoms with Crippen LogP contribution in [-0.2, 0) is 24.0 Å². The van der Waals surface area contributed by atoms with Crippen molar-refractivity contribution < 1.29 is 39.3 Å². The Bertz CT molecular complexity index is 613. The minimum Gasteiger partial charge on any atom is -0.481 e. The monoisotopic (exact) mass is 433 g/mol. The summed E-state index contributed by atoms with van der Waals surface area (Å²) in [5, 5.41) is 34.0. The fourth-order valence-corrected chi connectivity index (χ4v) is 2.31. The molecule has 0 rings (SSSR count). The van der Waals surface area contributed by atoms with Crippen molar-refractivity contribution in [2.45, 2.75) is 63.3 Å². The molecule has 0 saturated carbocycles. The summed E-state index contributed by atoms with van der Waals surface area (Å²) < 4.78 is 0. The van der Waals surface area contributed by atoms with Crippen LogP contribution in [0, 0.1) is 0 Å². The van der Waals surface area contributed by atoms with Gasteiger partial charge in [0.1, 0.15) is 18.1 Å². The number of aliphatic hydroxyl groups is 1. The van der Waals surface area contributed by atoms with Gasteiger partial charge in [0.2, 0.25) is 17.7 Å². The van der Waals surface area contributed by atoms with E-state index in [2.05, 4.69) is 16.0 Å². The lowest BCUT2D eigenvalue weighted by atomic mass is 10.1. The molecule has 3 amide bonds. The number of hydrogen-bond donors (Lipinski definition) is 8. The van der Waals surface area contributed by atoms with Crippen LogP contribution in [0.2, 0.25) is 0 Å². The number of nitrogens with two attached hydrogens (primary N) is 2. The van der Waals surface area contributed by atoms with Gasteiger partial charge in [-0.2, -0.15) is 0 Å². The number of carbonyl (C=O) groups excluding carboxylic acids is 3. The first-order valence-corrected chi connectivity index (χ1v) is 9.45. The fourth-order valence-electron chi connectivity index (χ4n) is 2.31. The van der Waals surface area contributed by atoms with Crippen molar-refractivity contribution in [1.29, 1.82) is 0 Å². The number of carbonyl (C=O) groups is 5. The molecule has 0 aliphatic carbocycles. The number of rotatable bonds is 15. The van der Waals surface area contributed by atoms with Crippen LogP contribution in [0.5, 0.6) is 0 Å². The number of unbranched alkanes of at least 4 members (excludes halogenated alkanes) is 1. The second-order valence-corrected chi connectivity index (χ2v) is 6.72. The van der Waals surface area contributed by atoms with Crippen LogP contribution in [-0.4, -0.2) is 82.3 Å². The third-order valence-corrected chi connectivity index (χ3v) is 4.11. The van der Waals surface area contributed by atoms with Crippen molar-refractivity contribution in [2.75, 3.05) is 13.1 Å². The van der Waals surface area contributed by atoms with Gasteiger partial charge in [0.05, 0.1) is 12.6 Å². The predicted octanol–water partition coefficient (Wildman–Crippen LogP) is -3.14. The Hall–Kier alpha value is -2.77. The Morgan fingerprint density at radius 2 is 1.57 bits per heavy atom. The zero-order valence-electron chi connectivity index (χ0n) is 16.8. The predicted molar refractivity (Wildman–Crippen MR) is 104 cm³/mol. The molecule has 0 bridgehead atoms. The van der Waals surface area contributed by atoms with Crippen molar-refractivity contribution in [3.05, 3.63) is 0 Å². The lowest BCUT2D eigenvalue weighted by Gasteiger charge is -2.21. The molecular weight excluding hydrogens is 402 g/mol. The highest BCUT2D eigenvalue weighted by molar-refractivity contribution is 5.92. The maximum atomic E-state index is 12.4. The van der Waals surface area contributed by atoms with E-state index in [9.17, 15) is 34.2 Å². The van der Waals surface area contributed by atoms with Gasteiger partial charge in [0, 0.05) is 6.42 Å². The average molecular weight is 433 g/mol. The molecule has 13 nitrogen and oxygen atoms in total. The minimum absolute atomic E-state index is 0.116. The number of amides is 3. The summed E-state index contributed by atoms with van der Waals surface area (Å²) in [6, 6.07) is -3.81. The molecule has 172 valence electrons. The van der Waals surface area contributed by atoms with E-state index >= 15 is 0 Å². The molecule has 0 aromatic rings. The highest BCUT2D eigenvalue weighted by Crippen LogP contribution is 2.04. The van der Waals surface area contributed by atoms with E-state index in [4.69, 9.17) is 16.6 Å². The van der Waals surface area contributed by atoms with E-state index < -0.39 is 66.9 Å². The summed E-state index contributed by atoms with van der Waals surface area (Å²) in [5.41, 5.74) is 10.8. The molecule has 0 aliphatic heterocycles. The fraction of sp³-hybridized carbons (Fsp3) is 0.706. The molecular formula is C17H31N5O8. The Labute approximate surface area is 173 Å². The van der Waals surface area contributed by atoms with Crippen molar-refractivity contribution >= 4 is 29.7 Å². The molecule has 4 unspecified atom stereocenters. The van der Waals surface area contributed by atoms with Gasteiger partial charge in [-0.3, -0.25) is 19.2 Å². The first kappa shape index (κ1) is 27.2. The summed E-state index contributed by atoms with van der Waals surface area (Å²) in [5.74, 6) is -4.96. The molecule has 0 spiro atoms. The Kier molecular flexibility index (Phi) is 12.9. The topological polar surface area (TPSA) is 234 Å². The zero-order chi connectivity index (χ0) is 23.3. The molecule has 0 heterocycles. The molecule has 0 fully saturated rings. The van der Waals surface area contributed by atoms with Crippen LogP contribution in [0.3, 0.4) is 0 Å². The van der Waals surface area contributed by atoms with Crippen molar-refractivity contribution in [3.63, 3.8) is 0 Å². The van der Waals surface area contributed by atoms with Gasteiger partial charge < -0.3 is 42.7 Å². The zero-order valence-corrected chi connectivity index (χ0v) is 16.8. The van der Waals surface area contributed by atoms with Crippen LogP contribution in [0.4, 0.5) is 0 Å². The molecule has 4 atom stereocenters. The van der Waals surface area contributed by atoms with E-state index in [1.54, 1.807) is 0 Å². The van der Waals surface area contributed by atoms with Gasteiger partial charge in [-0.05, 0) is 39.2 Å². The number of hydrogen-bond acceptors (Lipinski definition) is 8. The Morgan fingerprint density at radius 1 is 0.933 bits per heavy atom. The molecule has 0 aromatic carbocycles. The lowest BCUT2D eigenvalue weighted by molar-refractivity contribution is -0.143. The van der Waals surface area contributed by atoms with Gasteiger partial charge in [0.15, 0.2) is 0 Å². The van der Waals surface area contributed by atoms with Gasteiger partial charge in [0.25, 0.3) is 0 Å². The third-order valence-electron chi connectivity index (χ3n) is 4.11. The first-order valence-electron chi connectivity index (χ1n) is 9.45. The largest absolute Gasteiger partial charge is 0.481 e. The summed E-state index contributed by atoms with van der Waals surface area (Å²) in [6.07, 6.45) is -0.756. The van der Waals surface area contributed by atoms with E-state index in [1.165, 1.54) is 6.92 Å². The number of carboxylic acids is 2. The summed E-state index contributed by atoms with van der Waals surface area (Å²) in [6.45, 7) is 1.08. The number of nitrogens with one attached hydrogen (secondary N) is 3. The Balaban J connectivity index is 4.96. The summed E-state index contributed by atoms with van der Waals surface area (Å²) in [4.78, 5) is 58.3. The maximum absolute atomic E-state index is 12.4. The average Bonchev–Trinajstić information content (AvgIpc) is 2.67. The highest BCUT2D eigenvalue weighted by atomic mass is 16.4. The second-order valence-electron chi connectivity index (χ2n) is 6.72. The van der Waals surface area contributed by atoms with Crippen LogP contribution in [0.25, 0.3) is 0 Å². The van der Waals surface area contributed by atoms with Crippen molar-refractivity contribution in [3.8, 4) is 0 Å². The van der Waals surface area contributed by atoms with Crippen LogP contribution in [0.1, 0.15) is 39.0 Å². The van der Waals surface area contributed by atoms with Gasteiger partial charge in [-0.1, -0.05) is 0 Å². The lowest BCUT2D eigenvalue weighted by Crippen LogP contribution is -2.54.